The molecule has 0 aliphatic rings. The van der Waals surface area contributed by atoms with Crippen LogP contribution in [0, 0.1) is 0 Å². The van der Waals surface area contributed by atoms with Crippen molar-refractivity contribution in [1.82, 2.24) is 4.98 Å². The van der Waals surface area contributed by atoms with E-state index in [9.17, 15) is 9.59 Å². The molecule has 0 spiro atoms. The lowest BCUT2D eigenvalue weighted by molar-refractivity contribution is 1.36. The minimum atomic E-state index is -0.314. The number of nitrogens with one attached hydrogen (secondary N) is 1. The van der Waals surface area contributed by atoms with Crippen LogP contribution in [0.2, 0.25) is 5.02 Å². The van der Waals surface area contributed by atoms with Gasteiger partial charge < -0.3 is 4.98 Å². The summed E-state index contributed by atoms with van der Waals surface area (Å²) >= 11 is 5.86. The second kappa shape index (κ2) is 3.96. The normalized spacial score (nSPS) is 10.9. The highest BCUT2D eigenvalue weighted by Crippen LogP contribution is 2.15. The monoisotopic (exact) mass is 257 g/mol. The van der Waals surface area contributed by atoms with E-state index in [0.717, 1.165) is 0 Å². The second-order valence-corrected chi connectivity index (χ2v) is 4.46. The molecule has 0 saturated carbocycles. The highest BCUT2D eigenvalue weighted by atomic mass is 35.5. The maximum atomic E-state index is 12.3. The Bertz CT molecular complexity index is 884. The SMILES string of the molecule is O=c1[nH]c2ccccc2c(=O)c2ccc(Cl)cc12. The van der Waals surface area contributed by atoms with Gasteiger partial charge in [0.2, 0.25) is 0 Å². The van der Waals surface area contributed by atoms with Gasteiger partial charge in [-0.25, -0.2) is 0 Å². The molecule has 3 rings (SSSR count). The largest absolute Gasteiger partial charge is 0.321 e. The average Bonchev–Trinajstić information content (AvgIpc) is 2.47. The van der Waals surface area contributed by atoms with Crippen LogP contribution >= 0.6 is 11.6 Å². The summed E-state index contributed by atoms with van der Waals surface area (Å²) in [7, 11) is 0. The number of para-hydroxylation sites is 1. The van der Waals surface area contributed by atoms with Gasteiger partial charge in [0.25, 0.3) is 5.56 Å². The van der Waals surface area contributed by atoms with E-state index in [1.165, 1.54) is 6.07 Å². The minimum absolute atomic E-state index is 0.171. The zero-order valence-electron chi connectivity index (χ0n) is 9.24. The van der Waals surface area contributed by atoms with Crippen molar-refractivity contribution in [3.8, 4) is 0 Å². The zero-order valence-corrected chi connectivity index (χ0v) is 9.99. The molecular weight excluding hydrogens is 250 g/mol. The number of hydrogen-bond donors (Lipinski definition) is 1. The van der Waals surface area contributed by atoms with Crippen molar-refractivity contribution in [1.29, 1.82) is 0 Å². The minimum Gasteiger partial charge on any atom is -0.321 e. The van der Waals surface area contributed by atoms with E-state index in [1.54, 1.807) is 36.4 Å². The molecule has 1 heterocycles. The molecule has 0 aliphatic heterocycles. The Labute approximate surface area is 107 Å². The Kier molecular flexibility index (Phi) is 2.42. The van der Waals surface area contributed by atoms with Crippen LogP contribution in [0.15, 0.2) is 52.1 Å². The summed E-state index contributed by atoms with van der Waals surface area (Å²) in [5, 5.41) is 1.61. The number of hydrogen-bond acceptors (Lipinski definition) is 2. The molecule has 0 radical (unpaired) electrons. The number of aromatic nitrogens is 1. The molecule has 88 valence electrons. The molecule has 0 saturated heterocycles. The van der Waals surface area contributed by atoms with Crippen LogP contribution in [-0.2, 0) is 0 Å². The second-order valence-electron chi connectivity index (χ2n) is 4.02. The van der Waals surface area contributed by atoms with E-state index < -0.39 is 0 Å². The van der Waals surface area contributed by atoms with Gasteiger partial charge in [0.1, 0.15) is 0 Å². The summed E-state index contributed by atoms with van der Waals surface area (Å²) in [5.74, 6) is 0. The molecule has 1 aromatic heterocycles. The molecule has 3 nitrogen and oxygen atoms in total. The van der Waals surface area contributed by atoms with Crippen molar-refractivity contribution >= 4 is 33.3 Å². The van der Waals surface area contributed by atoms with Crippen molar-refractivity contribution < 1.29 is 0 Å². The zero-order chi connectivity index (χ0) is 12.7. The van der Waals surface area contributed by atoms with Gasteiger partial charge in [0, 0.05) is 15.8 Å². The van der Waals surface area contributed by atoms with E-state index >= 15 is 0 Å². The van der Waals surface area contributed by atoms with Gasteiger partial charge in [-0.1, -0.05) is 23.7 Å². The molecule has 0 atom stereocenters. The van der Waals surface area contributed by atoms with Gasteiger partial charge in [-0.15, -0.1) is 0 Å². The molecule has 1 N–H and O–H groups in total. The summed E-state index contributed by atoms with van der Waals surface area (Å²) in [4.78, 5) is 27.1. The Balaban J connectivity index is 2.74. The van der Waals surface area contributed by atoms with Crippen LogP contribution in [0.1, 0.15) is 0 Å². The van der Waals surface area contributed by atoms with Crippen molar-refractivity contribution in [2.24, 2.45) is 0 Å². The summed E-state index contributed by atoms with van der Waals surface area (Å²) in [6.07, 6.45) is 0. The van der Waals surface area contributed by atoms with E-state index in [-0.39, 0.29) is 11.0 Å². The molecule has 0 unspecified atom stereocenters. The number of halogens is 1. The van der Waals surface area contributed by atoms with E-state index in [4.69, 9.17) is 11.6 Å². The first-order valence-electron chi connectivity index (χ1n) is 5.41. The van der Waals surface area contributed by atoms with E-state index in [1.807, 2.05) is 0 Å². The Morgan fingerprint density at radius 3 is 2.50 bits per heavy atom. The standard InChI is InChI=1S/C14H8ClNO2/c15-8-5-6-9-11(7-8)14(18)16-12-4-2-1-3-10(12)13(9)17/h1-7H,(H,16,18). The molecule has 2 aromatic carbocycles. The fraction of sp³-hybridized carbons (Fsp3) is 0. The third-order valence-electron chi connectivity index (χ3n) is 2.89. The van der Waals surface area contributed by atoms with Crippen LogP contribution in [0.3, 0.4) is 0 Å². The summed E-state index contributed by atoms with van der Waals surface area (Å²) in [6.45, 7) is 0. The number of H-pyrrole nitrogens is 1. The highest BCUT2D eigenvalue weighted by molar-refractivity contribution is 6.31. The number of benzene rings is 2. The predicted molar refractivity (Wildman–Crippen MR) is 73.4 cm³/mol. The Morgan fingerprint density at radius 2 is 1.67 bits per heavy atom. The summed E-state index contributed by atoms with van der Waals surface area (Å²) in [6, 6.07) is 11.6. The third-order valence-corrected chi connectivity index (χ3v) is 3.13. The van der Waals surface area contributed by atoms with Crippen molar-refractivity contribution in [3.05, 3.63) is 68.1 Å². The molecule has 0 amide bonds. The topological polar surface area (TPSA) is 49.9 Å². The van der Waals surface area contributed by atoms with Gasteiger partial charge in [-0.05, 0) is 30.3 Å². The molecule has 0 fully saturated rings. The lowest BCUT2D eigenvalue weighted by atomic mass is 10.1. The molecule has 4 heteroatoms. The van der Waals surface area contributed by atoms with Gasteiger partial charge >= 0.3 is 0 Å². The van der Waals surface area contributed by atoms with E-state index in [2.05, 4.69) is 4.98 Å². The Hall–Kier alpha value is -2.13. The van der Waals surface area contributed by atoms with Crippen LogP contribution in [0.5, 0.6) is 0 Å². The van der Waals surface area contributed by atoms with Crippen LogP contribution in [0.25, 0.3) is 21.7 Å². The lowest BCUT2D eigenvalue weighted by Gasteiger charge is -1.91. The maximum absolute atomic E-state index is 12.3. The molecule has 18 heavy (non-hydrogen) atoms. The molecule has 0 aliphatic carbocycles. The molecular formula is C14H8ClNO2. The van der Waals surface area contributed by atoms with Crippen molar-refractivity contribution in [2.45, 2.75) is 0 Å². The summed E-state index contributed by atoms with van der Waals surface area (Å²) < 4.78 is 0. The smallest absolute Gasteiger partial charge is 0.256 e. The van der Waals surface area contributed by atoms with Gasteiger partial charge in [-0.2, -0.15) is 0 Å². The van der Waals surface area contributed by atoms with Gasteiger partial charge in [0.05, 0.1) is 10.9 Å². The maximum Gasteiger partial charge on any atom is 0.256 e. The highest BCUT2D eigenvalue weighted by Gasteiger charge is 2.05. The third kappa shape index (κ3) is 1.60. The van der Waals surface area contributed by atoms with Crippen LogP contribution in [-0.4, -0.2) is 4.98 Å². The number of fused-ring (bicyclic) bond motifs is 2. The fourth-order valence-electron chi connectivity index (χ4n) is 2.03. The molecule has 3 aromatic rings. The quantitative estimate of drug-likeness (QED) is 0.673. The lowest BCUT2D eigenvalue weighted by Crippen LogP contribution is -2.03. The Morgan fingerprint density at radius 1 is 0.889 bits per heavy atom. The average molecular weight is 258 g/mol. The van der Waals surface area contributed by atoms with Crippen molar-refractivity contribution in [2.75, 3.05) is 0 Å². The first-order valence-corrected chi connectivity index (χ1v) is 5.79. The fourth-order valence-corrected chi connectivity index (χ4v) is 2.20. The molecule has 0 bridgehead atoms. The van der Waals surface area contributed by atoms with Crippen molar-refractivity contribution in [3.63, 3.8) is 0 Å². The van der Waals surface area contributed by atoms with Crippen LogP contribution < -0.4 is 11.0 Å². The predicted octanol–water partition coefficient (Wildman–Crippen LogP) is 2.69. The number of aromatic amines is 1. The number of rotatable bonds is 0. The van der Waals surface area contributed by atoms with Gasteiger partial charge in [-0.3, -0.25) is 9.59 Å². The van der Waals surface area contributed by atoms with Crippen LogP contribution in [0.4, 0.5) is 0 Å². The first-order chi connectivity index (χ1) is 8.66. The summed E-state index contributed by atoms with van der Waals surface area (Å²) in [5.41, 5.74) is 0.0428. The first kappa shape index (κ1) is 11.0. The van der Waals surface area contributed by atoms with E-state index in [0.29, 0.717) is 26.7 Å². The van der Waals surface area contributed by atoms with Gasteiger partial charge in [0.15, 0.2) is 5.43 Å².